The Kier molecular flexibility index (Phi) is 6.40. The van der Waals surface area contributed by atoms with Gasteiger partial charge in [-0.1, -0.05) is 190 Å². The van der Waals surface area contributed by atoms with Gasteiger partial charge in [0.1, 0.15) is 0 Å². The number of rotatable bonds is 3. The summed E-state index contributed by atoms with van der Waals surface area (Å²) in [7, 11) is 0. The van der Waals surface area contributed by atoms with E-state index in [-0.39, 0.29) is 5.41 Å². The van der Waals surface area contributed by atoms with Gasteiger partial charge in [0.25, 0.3) is 0 Å². The fraction of sp³-hybridized carbons (Fsp3) is 0.0566. The summed E-state index contributed by atoms with van der Waals surface area (Å²) in [4.78, 5) is 0. The van der Waals surface area contributed by atoms with Crippen LogP contribution in [0.4, 0.5) is 0 Å². The van der Waals surface area contributed by atoms with Crippen LogP contribution < -0.4 is 0 Å². The minimum Gasteiger partial charge on any atom is -0.0616 e. The van der Waals surface area contributed by atoms with Crippen LogP contribution in [0.3, 0.4) is 0 Å². The minimum atomic E-state index is -0.0931. The van der Waals surface area contributed by atoms with Gasteiger partial charge in [-0.05, 0) is 116 Å². The summed E-state index contributed by atoms with van der Waals surface area (Å²) >= 11 is 0. The first kappa shape index (κ1) is 30.2. The molecule has 0 saturated carbocycles. The summed E-state index contributed by atoms with van der Waals surface area (Å²) in [5, 5.41) is 12.8. The van der Waals surface area contributed by atoms with Crippen LogP contribution in [0.15, 0.2) is 182 Å². The number of hydrogen-bond acceptors (Lipinski definition) is 0. The van der Waals surface area contributed by atoms with Crippen LogP contribution in [-0.2, 0) is 5.41 Å². The highest BCUT2D eigenvalue weighted by Crippen LogP contribution is 2.53. The SMILES string of the molecule is CC1(C)c2cc(-c3ccc(-c4c5ccccc5c(-c5cccc6ccccc56)c5ccccc45)c4ccccc34)ccc2-c2c1ccc1ccccc21. The predicted octanol–water partition coefficient (Wildman–Crippen LogP) is 14.8. The van der Waals surface area contributed by atoms with Gasteiger partial charge in [0.05, 0.1) is 0 Å². The van der Waals surface area contributed by atoms with Crippen molar-refractivity contribution >= 4 is 53.9 Å². The summed E-state index contributed by atoms with van der Waals surface area (Å²) < 4.78 is 0. The Labute approximate surface area is 309 Å². The molecule has 0 unspecified atom stereocenters. The van der Waals surface area contributed by atoms with Crippen molar-refractivity contribution in [1.82, 2.24) is 0 Å². The highest BCUT2D eigenvalue weighted by atomic mass is 14.4. The molecule has 0 nitrogen and oxygen atoms in total. The zero-order chi connectivity index (χ0) is 35.3. The maximum absolute atomic E-state index is 2.47. The second-order valence-electron chi connectivity index (χ2n) is 15.2. The lowest BCUT2D eigenvalue weighted by molar-refractivity contribution is 0.661. The van der Waals surface area contributed by atoms with E-state index in [1.807, 2.05) is 0 Å². The van der Waals surface area contributed by atoms with Crippen LogP contribution in [0.1, 0.15) is 25.0 Å². The monoisotopic (exact) mass is 672 g/mol. The van der Waals surface area contributed by atoms with Crippen LogP contribution >= 0.6 is 0 Å². The Morgan fingerprint density at radius 1 is 0.283 bits per heavy atom. The molecule has 53 heavy (non-hydrogen) atoms. The Morgan fingerprint density at radius 3 is 1.38 bits per heavy atom. The van der Waals surface area contributed by atoms with E-state index < -0.39 is 0 Å². The minimum absolute atomic E-state index is 0.0931. The second-order valence-corrected chi connectivity index (χ2v) is 15.2. The molecular formula is C53H36. The fourth-order valence-corrected chi connectivity index (χ4v) is 9.60. The Bertz CT molecular complexity index is 3080. The van der Waals surface area contributed by atoms with Gasteiger partial charge in [-0.3, -0.25) is 0 Å². The molecule has 0 bridgehead atoms. The van der Waals surface area contributed by atoms with Crippen molar-refractivity contribution in [3.63, 3.8) is 0 Å². The summed E-state index contributed by atoms with van der Waals surface area (Å²) in [6.07, 6.45) is 0. The third-order valence-electron chi connectivity index (χ3n) is 12.1. The summed E-state index contributed by atoms with van der Waals surface area (Å²) in [6.45, 7) is 4.77. The maximum Gasteiger partial charge on any atom is 0.0159 e. The van der Waals surface area contributed by atoms with Crippen LogP contribution in [-0.4, -0.2) is 0 Å². The molecule has 248 valence electrons. The van der Waals surface area contributed by atoms with Gasteiger partial charge in [0, 0.05) is 5.41 Å². The molecule has 0 N–H and O–H groups in total. The van der Waals surface area contributed by atoms with E-state index in [1.54, 1.807) is 0 Å². The van der Waals surface area contributed by atoms with Crippen molar-refractivity contribution in [1.29, 1.82) is 0 Å². The molecule has 0 atom stereocenters. The first-order valence-corrected chi connectivity index (χ1v) is 18.7. The van der Waals surface area contributed by atoms with Crippen LogP contribution in [0.25, 0.3) is 98.4 Å². The predicted molar refractivity (Wildman–Crippen MR) is 228 cm³/mol. The van der Waals surface area contributed by atoms with Gasteiger partial charge in [-0.15, -0.1) is 0 Å². The van der Waals surface area contributed by atoms with Crippen molar-refractivity contribution in [3.05, 3.63) is 193 Å². The van der Waals surface area contributed by atoms with Gasteiger partial charge in [-0.25, -0.2) is 0 Å². The summed E-state index contributed by atoms with van der Waals surface area (Å²) in [5.41, 5.74) is 13.1. The quantitative estimate of drug-likeness (QED) is 0.164. The van der Waals surface area contributed by atoms with E-state index in [1.165, 1.54) is 109 Å². The third-order valence-corrected chi connectivity index (χ3v) is 12.1. The van der Waals surface area contributed by atoms with Crippen molar-refractivity contribution in [2.24, 2.45) is 0 Å². The van der Waals surface area contributed by atoms with Gasteiger partial charge >= 0.3 is 0 Å². The molecule has 0 aromatic heterocycles. The lowest BCUT2D eigenvalue weighted by atomic mass is 9.80. The third kappa shape index (κ3) is 4.30. The average molecular weight is 673 g/mol. The number of benzene rings is 10. The Hall–Kier alpha value is -6.50. The highest BCUT2D eigenvalue weighted by Gasteiger charge is 2.36. The van der Waals surface area contributed by atoms with Crippen LogP contribution in [0.2, 0.25) is 0 Å². The molecule has 1 aliphatic carbocycles. The van der Waals surface area contributed by atoms with Crippen molar-refractivity contribution in [3.8, 4) is 44.5 Å². The topological polar surface area (TPSA) is 0 Å². The molecule has 0 fully saturated rings. The van der Waals surface area contributed by atoms with E-state index in [0.717, 1.165) is 0 Å². The maximum atomic E-state index is 2.47. The highest BCUT2D eigenvalue weighted by molar-refractivity contribution is 6.25. The molecule has 0 saturated heterocycles. The van der Waals surface area contributed by atoms with E-state index in [0.29, 0.717) is 0 Å². The van der Waals surface area contributed by atoms with Crippen LogP contribution in [0, 0.1) is 0 Å². The fourth-order valence-electron chi connectivity index (χ4n) is 9.60. The molecule has 0 spiro atoms. The van der Waals surface area contributed by atoms with Crippen molar-refractivity contribution in [2.75, 3.05) is 0 Å². The molecule has 0 amide bonds. The van der Waals surface area contributed by atoms with E-state index in [4.69, 9.17) is 0 Å². The normalized spacial score (nSPS) is 13.2. The average Bonchev–Trinajstić information content (AvgIpc) is 3.45. The molecular weight excluding hydrogens is 637 g/mol. The Balaban J connectivity index is 1.15. The van der Waals surface area contributed by atoms with Crippen molar-refractivity contribution in [2.45, 2.75) is 19.3 Å². The lowest BCUT2D eigenvalue weighted by Gasteiger charge is -2.23. The Morgan fingerprint density at radius 2 is 0.736 bits per heavy atom. The standard InChI is InChI=1S/C53H36/c1-53(2)48-31-27-34-15-4-6-18-38(34)52(48)47-28-26-35(32-49(47)53)37-29-30-46(40-20-8-7-19-39(37)40)51-44-23-11-9-21-42(44)50(43-22-10-12-24-45(43)51)41-25-13-16-33-14-3-5-17-36(33)41/h3-32H,1-2H3. The van der Waals surface area contributed by atoms with Gasteiger partial charge in [-0.2, -0.15) is 0 Å². The smallest absolute Gasteiger partial charge is 0.0159 e. The zero-order valence-electron chi connectivity index (χ0n) is 29.8. The van der Waals surface area contributed by atoms with Gasteiger partial charge < -0.3 is 0 Å². The molecule has 0 aliphatic heterocycles. The molecule has 1 aliphatic rings. The molecule has 10 aromatic rings. The largest absolute Gasteiger partial charge is 0.0616 e. The number of hydrogen-bond donors (Lipinski definition) is 0. The summed E-state index contributed by atoms with van der Waals surface area (Å²) in [5.74, 6) is 0. The lowest BCUT2D eigenvalue weighted by Crippen LogP contribution is -2.15. The number of fused-ring (bicyclic) bond motifs is 9. The second kappa shape index (κ2) is 11.2. The van der Waals surface area contributed by atoms with Crippen molar-refractivity contribution < 1.29 is 0 Å². The van der Waals surface area contributed by atoms with Crippen LogP contribution in [0.5, 0.6) is 0 Å². The molecule has 0 heterocycles. The van der Waals surface area contributed by atoms with Gasteiger partial charge in [0.2, 0.25) is 0 Å². The molecule has 10 aromatic carbocycles. The first-order chi connectivity index (χ1) is 26.1. The summed E-state index contributed by atoms with van der Waals surface area (Å²) in [6, 6.07) is 67.9. The molecule has 0 heteroatoms. The van der Waals surface area contributed by atoms with Gasteiger partial charge in [0.15, 0.2) is 0 Å². The zero-order valence-corrected chi connectivity index (χ0v) is 29.8. The van der Waals surface area contributed by atoms with E-state index in [9.17, 15) is 0 Å². The van der Waals surface area contributed by atoms with E-state index >= 15 is 0 Å². The first-order valence-electron chi connectivity index (χ1n) is 18.7. The molecule has 0 radical (unpaired) electrons. The molecule has 11 rings (SSSR count). The van der Waals surface area contributed by atoms with E-state index in [2.05, 4.69) is 196 Å².